The first-order chi connectivity index (χ1) is 10.1. The Hall–Kier alpha value is -1.56. The number of rotatable bonds is 5. The zero-order valence-electron chi connectivity index (χ0n) is 11.6. The Kier molecular flexibility index (Phi) is 5.61. The molecular weight excluding hydrogens is 338 g/mol. The molecule has 0 aliphatic heterocycles. The Morgan fingerprint density at radius 3 is 2.62 bits per heavy atom. The molecule has 1 aliphatic rings. The van der Waals surface area contributed by atoms with Crippen LogP contribution in [0.4, 0.5) is 0 Å². The van der Waals surface area contributed by atoms with Gasteiger partial charge in [0, 0.05) is 6.04 Å². The lowest BCUT2D eigenvalue weighted by Gasteiger charge is -2.22. The number of halogens is 1. The number of benzene rings is 1. The maximum Gasteiger partial charge on any atom is 0.335 e. The highest BCUT2D eigenvalue weighted by Gasteiger charge is 2.16. The third-order valence-corrected chi connectivity index (χ3v) is 4.13. The fourth-order valence-corrected chi connectivity index (χ4v) is 2.90. The van der Waals surface area contributed by atoms with Gasteiger partial charge in [-0.3, -0.25) is 4.79 Å². The van der Waals surface area contributed by atoms with Crippen LogP contribution in [0.5, 0.6) is 5.75 Å². The number of ether oxygens (including phenoxy) is 1. The van der Waals surface area contributed by atoms with Crippen LogP contribution in [0.15, 0.2) is 22.7 Å². The van der Waals surface area contributed by atoms with E-state index in [1.807, 2.05) is 0 Å². The molecule has 0 saturated heterocycles. The van der Waals surface area contributed by atoms with E-state index in [-0.39, 0.29) is 24.1 Å². The summed E-state index contributed by atoms with van der Waals surface area (Å²) in [6, 6.07) is 4.70. The molecule has 0 radical (unpaired) electrons. The second-order valence-electron chi connectivity index (χ2n) is 5.14. The first-order valence-corrected chi connectivity index (χ1v) is 7.80. The fraction of sp³-hybridized carbons (Fsp3) is 0.467. The fourth-order valence-electron chi connectivity index (χ4n) is 2.41. The summed E-state index contributed by atoms with van der Waals surface area (Å²) in [7, 11) is 0. The summed E-state index contributed by atoms with van der Waals surface area (Å²) in [6.07, 6.45) is 5.62. The summed E-state index contributed by atoms with van der Waals surface area (Å²) in [6.45, 7) is -0.0679. The summed E-state index contributed by atoms with van der Waals surface area (Å²) >= 11 is 3.24. The molecule has 0 atom stereocenters. The van der Waals surface area contributed by atoms with Crippen LogP contribution in [0.3, 0.4) is 0 Å². The molecule has 2 rings (SSSR count). The Labute approximate surface area is 131 Å². The molecule has 114 valence electrons. The van der Waals surface area contributed by atoms with Gasteiger partial charge < -0.3 is 15.2 Å². The van der Waals surface area contributed by atoms with Gasteiger partial charge in [0.15, 0.2) is 6.61 Å². The quantitative estimate of drug-likeness (QED) is 0.851. The van der Waals surface area contributed by atoms with Crippen molar-refractivity contribution in [2.24, 2.45) is 0 Å². The standard InChI is InChI=1S/C15H18BrNO4/c16-12-8-10(15(19)20)6-7-13(12)21-9-14(18)17-11-4-2-1-3-5-11/h6-8,11H,1-5,9H2,(H,17,18)(H,19,20). The predicted octanol–water partition coefficient (Wildman–Crippen LogP) is 2.98. The van der Waals surface area contributed by atoms with Crippen LogP contribution in [-0.4, -0.2) is 29.6 Å². The molecule has 0 aromatic heterocycles. The minimum atomic E-state index is -1.00. The van der Waals surface area contributed by atoms with Gasteiger partial charge >= 0.3 is 5.97 Å². The van der Waals surface area contributed by atoms with Crippen molar-refractivity contribution in [3.05, 3.63) is 28.2 Å². The number of carbonyl (C=O) groups is 2. The molecule has 21 heavy (non-hydrogen) atoms. The van der Waals surface area contributed by atoms with Gasteiger partial charge in [0.2, 0.25) is 0 Å². The topological polar surface area (TPSA) is 75.6 Å². The van der Waals surface area contributed by atoms with Crippen molar-refractivity contribution in [3.63, 3.8) is 0 Å². The van der Waals surface area contributed by atoms with Gasteiger partial charge in [0.05, 0.1) is 10.0 Å². The van der Waals surface area contributed by atoms with E-state index in [4.69, 9.17) is 9.84 Å². The van der Waals surface area contributed by atoms with Crippen molar-refractivity contribution in [2.45, 2.75) is 38.1 Å². The van der Waals surface area contributed by atoms with Gasteiger partial charge in [-0.1, -0.05) is 19.3 Å². The van der Waals surface area contributed by atoms with E-state index >= 15 is 0 Å². The Balaban J connectivity index is 1.84. The number of amides is 1. The molecule has 0 bridgehead atoms. The van der Waals surface area contributed by atoms with Crippen molar-refractivity contribution < 1.29 is 19.4 Å². The Morgan fingerprint density at radius 2 is 2.00 bits per heavy atom. The molecule has 1 aliphatic carbocycles. The minimum absolute atomic E-state index is 0.0679. The van der Waals surface area contributed by atoms with Gasteiger partial charge in [-0.25, -0.2) is 4.79 Å². The summed E-state index contributed by atoms with van der Waals surface area (Å²) < 4.78 is 5.94. The molecular formula is C15H18BrNO4. The van der Waals surface area contributed by atoms with Crippen LogP contribution in [0.2, 0.25) is 0 Å². The summed E-state index contributed by atoms with van der Waals surface area (Å²) in [5.41, 5.74) is 0.167. The van der Waals surface area contributed by atoms with Crippen molar-refractivity contribution in [1.82, 2.24) is 5.32 Å². The molecule has 0 spiro atoms. The van der Waals surface area contributed by atoms with Crippen LogP contribution in [0.25, 0.3) is 0 Å². The SMILES string of the molecule is O=C(COc1ccc(C(=O)O)cc1Br)NC1CCCCC1. The van der Waals surface area contributed by atoms with Crippen molar-refractivity contribution >= 4 is 27.8 Å². The highest BCUT2D eigenvalue weighted by molar-refractivity contribution is 9.10. The number of hydrogen-bond donors (Lipinski definition) is 2. The van der Waals surface area contributed by atoms with Gasteiger partial charge in [-0.2, -0.15) is 0 Å². The second kappa shape index (κ2) is 7.45. The lowest BCUT2D eigenvalue weighted by molar-refractivity contribution is -0.124. The van der Waals surface area contributed by atoms with E-state index in [9.17, 15) is 9.59 Å². The molecule has 0 heterocycles. The number of nitrogens with one attached hydrogen (secondary N) is 1. The molecule has 1 aromatic carbocycles. The molecule has 1 amide bonds. The monoisotopic (exact) mass is 355 g/mol. The first kappa shape index (κ1) is 15.8. The average Bonchev–Trinajstić information content (AvgIpc) is 2.47. The summed E-state index contributed by atoms with van der Waals surface area (Å²) in [5, 5.41) is 11.8. The van der Waals surface area contributed by atoms with Crippen LogP contribution in [0, 0.1) is 0 Å². The molecule has 2 N–H and O–H groups in total. The molecule has 1 aromatic rings. The van der Waals surface area contributed by atoms with Crippen molar-refractivity contribution in [1.29, 1.82) is 0 Å². The van der Waals surface area contributed by atoms with E-state index in [0.717, 1.165) is 25.7 Å². The van der Waals surface area contributed by atoms with Gasteiger partial charge in [0.25, 0.3) is 5.91 Å². The van der Waals surface area contributed by atoms with E-state index in [1.54, 1.807) is 6.07 Å². The van der Waals surface area contributed by atoms with Gasteiger partial charge in [-0.15, -0.1) is 0 Å². The van der Waals surface area contributed by atoms with Gasteiger partial charge in [0.1, 0.15) is 5.75 Å². The minimum Gasteiger partial charge on any atom is -0.483 e. The molecule has 6 heteroatoms. The third kappa shape index (κ3) is 4.74. The van der Waals surface area contributed by atoms with Crippen molar-refractivity contribution in [3.8, 4) is 5.75 Å². The van der Waals surface area contributed by atoms with Crippen LogP contribution < -0.4 is 10.1 Å². The normalized spacial score (nSPS) is 15.5. The Morgan fingerprint density at radius 1 is 1.29 bits per heavy atom. The van der Waals surface area contributed by atoms with E-state index in [0.29, 0.717) is 10.2 Å². The van der Waals surface area contributed by atoms with Crippen LogP contribution in [-0.2, 0) is 4.79 Å². The summed E-state index contributed by atoms with van der Waals surface area (Å²) in [5.74, 6) is -0.688. The first-order valence-electron chi connectivity index (χ1n) is 7.01. The van der Waals surface area contributed by atoms with E-state index in [2.05, 4.69) is 21.2 Å². The Bertz CT molecular complexity index is 526. The zero-order chi connectivity index (χ0) is 15.2. The molecule has 0 unspecified atom stereocenters. The number of carboxylic acids is 1. The number of carbonyl (C=O) groups excluding carboxylic acids is 1. The van der Waals surface area contributed by atoms with E-state index < -0.39 is 5.97 Å². The highest BCUT2D eigenvalue weighted by Crippen LogP contribution is 2.26. The second-order valence-corrected chi connectivity index (χ2v) is 6.00. The number of hydrogen-bond acceptors (Lipinski definition) is 3. The van der Waals surface area contributed by atoms with Crippen molar-refractivity contribution in [2.75, 3.05) is 6.61 Å². The third-order valence-electron chi connectivity index (χ3n) is 3.51. The summed E-state index contributed by atoms with van der Waals surface area (Å²) in [4.78, 5) is 22.7. The smallest absolute Gasteiger partial charge is 0.335 e. The maximum atomic E-state index is 11.8. The lowest BCUT2D eigenvalue weighted by atomic mass is 9.95. The largest absolute Gasteiger partial charge is 0.483 e. The predicted molar refractivity (Wildman–Crippen MR) is 81.6 cm³/mol. The molecule has 5 nitrogen and oxygen atoms in total. The van der Waals surface area contributed by atoms with E-state index in [1.165, 1.54) is 18.6 Å². The van der Waals surface area contributed by atoms with Gasteiger partial charge in [-0.05, 0) is 47.0 Å². The maximum absolute atomic E-state index is 11.8. The number of aromatic carboxylic acids is 1. The molecule has 1 fully saturated rings. The lowest BCUT2D eigenvalue weighted by Crippen LogP contribution is -2.39. The number of carboxylic acid groups (broad SMARTS) is 1. The van der Waals surface area contributed by atoms with Crippen LogP contribution in [0.1, 0.15) is 42.5 Å². The van der Waals surface area contributed by atoms with Crippen LogP contribution >= 0.6 is 15.9 Å². The highest BCUT2D eigenvalue weighted by atomic mass is 79.9. The zero-order valence-corrected chi connectivity index (χ0v) is 13.2. The average molecular weight is 356 g/mol. The molecule has 1 saturated carbocycles.